The Labute approximate surface area is 98.7 Å². The number of hydrogen-bond acceptors (Lipinski definition) is 2. The van der Waals surface area contributed by atoms with Crippen LogP contribution in [0.5, 0.6) is 0 Å². The summed E-state index contributed by atoms with van der Waals surface area (Å²) in [6, 6.07) is 5.14. The van der Waals surface area contributed by atoms with E-state index in [0.717, 1.165) is 0 Å². The van der Waals surface area contributed by atoms with Crippen LogP contribution in [0.2, 0.25) is 0 Å². The predicted octanol–water partition coefficient (Wildman–Crippen LogP) is 1.52. The minimum absolute atomic E-state index is 0.0102. The summed E-state index contributed by atoms with van der Waals surface area (Å²) in [4.78, 5) is 11.4. The maximum absolute atomic E-state index is 12.8. The molecule has 0 aromatic heterocycles. The number of amides is 2. The highest BCUT2D eigenvalue weighted by Gasteiger charge is 2.07. The van der Waals surface area contributed by atoms with Crippen molar-refractivity contribution in [3.05, 3.63) is 30.1 Å². The van der Waals surface area contributed by atoms with Gasteiger partial charge in [-0.05, 0) is 18.2 Å². The molecule has 0 bridgehead atoms. The summed E-state index contributed by atoms with van der Waals surface area (Å²) in [5.41, 5.74) is 5.63. The topological polar surface area (TPSA) is 91.0 Å². The van der Waals surface area contributed by atoms with E-state index >= 15 is 0 Å². The predicted molar refractivity (Wildman–Crippen MR) is 64.5 cm³/mol. The van der Waals surface area contributed by atoms with Crippen LogP contribution in [0.3, 0.4) is 0 Å². The highest BCUT2D eigenvalue weighted by molar-refractivity contribution is 5.89. The van der Waals surface area contributed by atoms with Crippen LogP contribution in [0.4, 0.5) is 14.9 Å². The van der Waals surface area contributed by atoms with Gasteiger partial charge in [-0.25, -0.2) is 9.18 Å². The van der Waals surface area contributed by atoms with Crippen molar-refractivity contribution in [2.75, 3.05) is 11.9 Å². The molecule has 0 aliphatic carbocycles. The number of hydrogen-bond donors (Lipinski definition) is 4. The van der Waals surface area contributed by atoms with E-state index in [9.17, 15) is 9.18 Å². The Balaban J connectivity index is 2.42. The summed E-state index contributed by atoms with van der Waals surface area (Å²) < 4.78 is 12.8. The molecular formula is C11H15FN4O. The molecule has 1 rings (SSSR count). The van der Waals surface area contributed by atoms with Gasteiger partial charge in [0.05, 0.1) is 5.84 Å². The zero-order valence-corrected chi connectivity index (χ0v) is 9.46. The van der Waals surface area contributed by atoms with Crippen LogP contribution in [0, 0.1) is 17.1 Å². The lowest BCUT2D eigenvalue weighted by Gasteiger charge is -2.11. The fourth-order valence-corrected chi connectivity index (χ4v) is 1.10. The Bertz CT molecular complexity index is 422. The first-order valence-electron chi connectivity index (χ1n) is 5.13. The van der Waals surface area contributed by atoms with Gasteiger partial charge >= 0.3 is 6.03 Å². The van der Waals surface area contributed by atoms with E-state index in [0.29, 0.717) is 5.69 Å². The molecule has 1 aromatic carbocycles. The van der Waals surface area contributed by atoms with E-state index in [2.05, 4.69) is 10.6 Å². The van der Waals surface area contributed by atoms with Crippen molar-refractivity contribution in [3.63, 3.8) is 0 Å². The molecule has 0 spiro atoms. The molecule has 1 unspecified atom stereocenters. The number of carbonyl (C=O) groups excluding carboxylic acids is 1. The van der Waals surface area contributed by atoms with Crippen LogP contribution < -0.4 is 16.4 Å². The third kappa shape index (κ3) is 4.50. The smallest absolute Gasteiger partial charge is 0.319 e. The van der Waals surface area contributed by atoms with E-state index in [1.54, 1.807) is 13.0 Å². The number of rotatable bonds is 4. The second-order valence-electron chi connectivity index (χ2n) is 3.70. The molecule has 0 saturated carbocycles. The molecule has 0 aliphatic heterocycles. The fourth-order valence-electron chi connectivity index (χ4n) is 1.10. The van der Waals surface area contributed by atoms with Crippen molar-refractivity contribution in [2.24, 2.45) is 11.7 Å². The molecule has 0 heterocycles. The molecule has 5 nitrogen and oxygen atoms in total. The molecule has 0 aliphatic rings. The van der Waals surface area contributed by atoms with E-state index in [-0.39, 0.29) is 18.3 Å². The second kappa shape index (κ2) is 5.83. The third-order valence-corrected chi connectivity index (χ3v) is 2.18. The van der Waals surface area contributed by atoms with Gasteiger partial charge in [0.25, 0.3) is 0 Å². The summed E-state index contributed by atoms with van der Waals surface area (Å²) in [6.07, 6.45) is 0. The Hall–Kier alpha value is -2.11. The first kappa shape index (κ1) is 13.0. The SMILES string of the molecule is CC(CNC(=O)Nc1cccc(F)c1)C(=N)N. The third-order valence-electron chi connectivity index (χ3n) is 2.18. The lowest BCUT2D eigenvalue weighted by Crippen LogP contribution is -2.36. The van der Waals surface area contributed by atoms with Crippen molar-refractivity contribution in [1.29, 1.82) is 5.41 Å². The molecule has 0 fully saturated rings. The van der Waals surface area contributed by atoms with Gasteiger partial charge in [0.2, 0.25) is 0 Å². The highest BCUT2D eigenvalue weighted by Crippen LogP contribution is 2.08. The lowest BCUT2D eigenvalue weighted by molar-refractivity contribution is 0.251. The highest BCUT2D eigenvalue weighted by atomic mass is 19.1. The minimum atomic E-state index is -0.455. The first-order chi connectivity index (χ1) is 7.99. The van der Waals surface area contributed by atoms with Crippen molar-refractivity contribution in [2.45, 2.75) is 6.92 Å². The second-order valence-corrected chi connectivity index (χ2v) is 3.70. The number of nitrogens with one attached hydrogen (secondary N) is 3. The molecule has 1 atom stereocenters. The largest absolute Gasteiger partial charge is 0.387 e. The van der Waals surface area contributed by atoms with Crippen molar-refractivity contribution in [3.8, 4) is 0 Å². The molecule has 2 amide bonds. The molecule has 0 radical (unpaired) electrons. The molecular weight excluding hydrogens is 223 g/mol. The van der Waals surface area contributed by atoms with Gasteiger partial charge in [0.15, 0.2) is 0 Å². The van der Waals surface area contributed by atoms with Crippen LogP contribution in [-0.2, 0) is 0 Å². The van der Waals surface area contributed by atoms with Crippen LogP contribution >= 0.6 is 0 Å². The van der Waals surface area contributed by atoms with Crippen LogP contribution in [0.25, 0.3) is 0 Å². The Morgan fingerprint density at radius 1 is 1.59 bits per heavy atom. The van der Waals surface area contributed by atoms with Gasteiger partial charge < -0.3 is 16.4 Å². The zero-order valence-electron chi connectivity index (χ0n) is 9.46. The average Bonchev–Trinajstić information content (AvgIpc) is 2.25. The van der Waals surface area contributed by atoms with E-state index in [4.69, 9.17) is 11.1 Å². The number of amidine groups is 1. The molecule has 92 valence electrons. The van der Waals surface area contributed by atoms with Crippen LogP contribution in [0.1, 0.15) is 6.92 Å². The molecule has 6 heteroatoms. The fraction of sp³-hybridized carbons (Fsp3) is 0.273. The van der Waals surface area contributed by atoms with Crippen molar-refractivity contribution < 1.29 is 9.18 Å². The maximum Gasteiger partial charge on any atom is 0.319 e. The van der Waals surface area contributed by atoms with Gasteiger partial charge in [-0.1, -0.05) is 13.0 Å². The standard InChI is InChI=1S/C11H15FN4O/c1-7(10(13)14)6-15-11(17)16-9-4-2-3-8(12)5-9/h2-5,7H,6H2,1H3,(H3,13,14)(H2,15,16,17). The number of nitrogens with two attached hydrogens (primary N) is 1. The van der Waals surface area contributed by atoms with Crippen molar-refractivity contribution >= 4 is 17.6 Å². The molecule has 5 N–H and O–H groups in total. The van der Waals surface area contributed by atoms with Crippen LogP contribution in [-0.4, -0.2) is 18.4 Å². The van der Waals surface area contributed by atoms with Crippen molar-refractivity contribution in [1.82, 2.24) is 5.32 Å². The Morgan fingerprint density at radius 2 is 2.29 bits per heavy atom. The van der Waals surface area contributed by atoms with E-state index in [1.165, 1.54) is 18.2 Å². The number of urea groups is 1. The summed E-state index contributed by atoms with van der Waals surface area (Å²) in [6.45, 7) is 1.99. The van der Waals surface area contributed by atoms with Gasteiger partial charge in [-0.2, -0.15) is 0 Å². The minimum Gasteiger partial charge on any atom is -0.387 e. The maximum atomic E-state index is 12.8. The van der Waals surface area contributed by atoms with E-state index in [1.807, 2.05) is 0 Å². The Kier molecular flexibility index (Phi) is 4.45. The van der Waals surface area contributed by atoms with Gasteiger partial charge in [-0.15, -0.1) is 0 Å². The average molecular weight is 238 g/mol. The monoisotopic (exact) mass is 238 g/mol. The number of benzene rings is 1. The van der Waals surface area contributed by atoms with Gasteiger partial charge in [-0.3, -0.25) is 5.41 Å². The summed E-state index contributed by atoms with van der Waals surface area (Å²) in [5, 5.41) is 12.2. The lowest BCUT2D eigenvalue weighted by atomic mass is 10.1. The van der Waals surface area contributed by atoms with Crippen LogP contribution in [0.15, 0.2) is 24.3 Å². The summed E-state index contributed by atoms with van der Waals surface area (Å²) >= 11 is 0. The zero-order chi connectivity index (χ0) is 12.8. The van der Waals surface area contributed by atoms with E-state index < -0.39 is 11.8 Å². The number of halogens is 1. The Morgan fingerprint density at radius 3 is 2.88 bits per heavy atom. The molecule has 0 saturated heterocycles. The van der Waals surface area contributed by atoms with Gasteiger partial charge in [0, 0.05) is 18.2 Å². The number of anilines is 1. The van der Waals surface area contributed by atoms with Gasteiger partial charge in [0.1, 0.15) is 5.82 Å². The molecule has 1 aromatic rings. The summed E-state index contributed by atoms with van der Waals surface area (Å²) in [5.74, 6) is -0.635. The quantitative estimate of drug-likeness (QED) is 0.473. The summed E-state index contributed by atoms with van der Waals surface area (Å²) in [7, 11) is 0. The first-order valence-corrected chi connectivity index (χ1v) is 5.13. The number of carbonyl (C=O) groups is 1. The normalized spacial score (nSPS) is 11.6. The molecule has 17 heavy (non-hydrogen) atoms.